The summed E-state index contributed by atoms with van der Waals surface area (Å²) in [5, 5.41) is 2.99. The molecule has 1 fully saturated rings. The van der Waals surface area contributed by atoms with Crippen LogP contribution >= 0.6 is 0 Å². The Morgan fingerprint density at radius 3 is 2.68 bits per heavy atom. The summed E-state index contributed by atoms with van der Waals surface area (Å²) in [4.78, 5) is 21.7. The summed E-state index contributed by atoms with van der Waals surface area (Å²) in [6.45, 7) is 7.50. The monoisotopic (exact) mass is 384 g/mol. The number of amides is 1. The minimum absolute atomic E-state index is 0.0492. The average molecular weight is 384 g/mol. The van der Waals surface area contributed by atoms with Gasteiger partial charge < -0.3 is 10.2 Å². The van der Waals surface area contributed by atoms with Gasteiger partial charge in [-0.2, -0.15) is 0 Å². The second kappa shape index (κ2) is 9.15. The van der Waals surface area contributed by atoms with Gasteiger partial charge in [-0.1, -0.05) is 26.0 Å². The highest BCUT2D eigenvalue weighted by Gasteiger charge is 2.30. The molecule has 1 saturated heterocycles. The largest absolute Gasteiger partial charge is 0.373 e. The molecule has 1 N–H and O–H groups in total. The van der Waals surface area contributed by atoms with Crippen molar-refractivity contribution in [3.63, 3.8) is 0 Å². The van der Waals surface area contributed by atoms with Crippen LogP contribution in [0.1, 0.15) is 36.2 Å². The number of carbonyl (C=O) groups is 1. The second-order valence-electron chi connectivity index (χ2n) is 7.69. The lowest BCUT2D eigenvalue weighted by Gasteiger charge is -2.34. The molecule has 0 bridgehead atoms. The summed E-state index contributed by atoms with van der Waals surface area (Å²) in [6.07, 6.45) is 2.58. The van der Waals surface area contributed by atoms with Crippen LogP contribution in [0.3, 0.4) is 0 Å². The smallest absolute Gasteiger partial charge is 0.254 e. The van der Waals surface area contributed by atoms with E-state index in [-0.39, 0.29) is 17.8 Å². The molecule has 5 nitrogen and oxygen atoms in total. The predicted molar refractivity (Wildman–Crippen MR) is 110 cm³/mol. The first-order valence-electron chi connectivity index (χ1n) is 9.89. The van der Waals surface area contributed by atoms with E-state index < -0.39 is 0 Å². The number of hydrogen-bond donors (Lipinski definition) is 1. The first-order valence-corrected chi connectivity index (χ1v) is 9.89. The zero-order chi connectivity index (χ0) is 20.1. The predicted octanol–water partition coefficient (Wildman–Crippen LogP) is 3.64. The van der Waals surface area contributed by atoms with Gasteiger partial charge in [0, 0.05) is 51.0 Å². The van der Waals surface area contributed by atoms with Crippen molar-refractivity contribution in [1.29, 1.82) is 0 Å². The molecule has 1 aliphatic rings. The van der Waals surface area contributed by atoms with E-state index in [1.165, 1.54) is 12.1 Å². The Balaban J connectivity index is 1.76. The van der Waals surface area contributed by atoms with Gasteiger partial charge in [0.1, 0.15) is 11.6 Å². The lowest BCUT2D eigenvalue weighted by Crippen LogP contribution is -2.45. The number of hydrogen-bond acceptors (Lipinski definition) is 4. The third-order valence-electron chi connectivity index (χ3n) is 5.37. The van der Waals surface area contributed by atoms with Gasteiger partial charge in [0.2, 0.25) is 0 Å². The van der Waals surface area contributed by atoms with Crippen LogP contribution in [0, 0.1) is 11.7 Å². The summed E-state index contributed by atoms with van der Waals surface area (Å²) in [5.74, 6) is 0.932. The summed E-state index contributed by atoms with van der Waals surface area (Å²) in [5.41, 5.74) is 1.76. The van der Waals surface area contributed by atoms with E-state index in [9.17, 15) is 9.18 Å². The lowest BCUT2D eigenvalue weighted by molar-refractivity contribution is 0.0702. The van der Waals surface area contributed by atoms with Crippen LogP contribution in [0.25, 0.3) is 0 Å². The number of halogens is 1. The molecule has 28 heavy (non-hydrogen) atoms. The van der Waals surface area contributed by atoms with E-state index in [0.29, 0.717) is 23.8 Å². The van der Waals surface area contributed by atoms with Gasteiger partial charge in [0.05, 0.1) is 0 Å². The quantitative estimate of drug-likeness (QED) is 0.855. The van der Waals surface area contributed by atoms with E-state index in [2.05, 4.69) is 29.0 Å². The molecule has 1 atom stereocenters. The first-order chi connectivity index (χ1) is 13.5. The van der Waals surface area contributed by atoms with Gasteiger partial charge in [-0.25, -0.2) is 9.37 Å². The van der Waals surface area contributed by atoms with Crippen LogP contribution in [0.2, 0.25) is 0 Å². The number of carbonyl (C=O) groups excluding carboxylic acids is 1. The van der Waals surface area contributed by atoms with Gasteiger partial charge in [-0.15, -0.1) is 0 Å². The minimum atomic E-state index is -0.213. The maximum atomic E-state index is 13.2. The minimum Gasteiger partial charge on any atom is -0.373 e. The fraction of sp³-hybridized carbons (Fsp3) is 0.455. The molecule has 1 aliphatic heterocycles. The zero-order valence-corrected chi connectivity index (χ0v) is 16.9. The zero-order valence-electron chi connectivity index (χ0n) is 16.9. The number of benzene rings is 1. The molecule has 150 valence electrons. The van der Waals surface area contributed by atoms with Gasteiger partial charge >= 0.3 is 0 Å². The molecule has 3 rings (SSSR count). The van der Waals surface area contributed by atoms with Crippen molar-refractivity contribution in [2.45, 2.75) is 32.9 Å². The fourth-order valence-electron chi connectivity index (χ4n) is 3.78. The Morgan fingerprint density at radius 2 is 2.00 bits per heavy atom. The molecule has 0 spiro atoms. The van der Waals surface area contributed by atoms with Gasteiger partial charge in [0.15, 0.2) is 0 Å². The van der Waals surface area contributed by atoms with Gasteiger partial charge in [-0.3, -0.25) is 9.69 Å². The second-order valence-corrected chi connectivity index (χ2v) is 7.69. The molecular formula is C22H29FN4O. The maximum Gasteiger partial charge on any atom is 0.254 e. The molecule has 1 aromatic carbocycles. The molecular weight excluding hydrogens is 355 g/mol. The SMILES string of the molecule is CNc1cc(C(=O)N2CCCN(Cc3ccc(F)cc3)[C@H](C(C)C)C2)ccn1. The molecule has 0 radical (unpaired) electrons. The van der Waals surface area contributed by atoms with Crippen LogP contribution in [0.4, 0.5) is 10.2 Å². The van der Waals surface area contributed by atoms with Crippen molar-refractivity contribution in [2.75, 3.05) is 32.0 Å². The third-order valence-corrected chi connectivity index (χ3v) is 5.37. The molecule has 1 amide bonds. The Morgan fingerprint density at radius 1 is 1.25 bits per heavy atom. The van der Waals surface area contributed by atoms with E-state index in [1.54, 1.807) is 25.4 Å². The van der Waals surface area contributed by atoms with E-state index in [1.807, 2.05) is 17.0 Å². The third kappa shape index (κ3) is 4.87. The molecule has 0 aliphatic carbocycles. The summed E-state index contributed by atoms with van der Waals surface area (Å²) in [7, 11) is 1.80. The van der Waals surface area contributed by atoms with Crippen LogP contribution in [-0.2, 0) is 6.54 Å². The number of aromatic nitrogens is 1. The van der Waals surface area contributed by atoms with Crippen LogP contribution in [0.15, 0.2) is 42.6 Å². The van der Waals surface area contributed by atoms with E-state index in [4.69, 9.17) is 0 Å². The van der Waals surface area contributed by atoms with Gasteiger partial charge in [-0.05, 0) is 42.2 Å². The molecule has 0 unspecified atom stereocenters. The van der Waals surface area contributed by atoms with Crippen LogP contribution in [-0.4, -0.2) is 53.4 Å². The van der Waals surface area contributed by atoms with Crippen molar-refractivity contribution in [3.05, 3.63) is 59.5 Å². The molecule has 0 saturated carbocycles. The summed E-state index contributed by atoms with van der Waals surface area (Å²) in [6, 6.07) is 10.5. The number of rotatable bonds is 5. The van der Waals surface area contributed by atoms with Crippen molar-refractivity contribution >= 4 is 11.7 Å². The Bertz CT molecular complexity index is 793. The Hall–Kier alpha value is -2.47. The standard InChI is InChI=1S/C22H29FN4O/c1-16(2)20-15-27(22(28)18-9-10-25-21(13-18)24-3)12-4-11-26(20)14-17-5-7-19(23)8-6-17/h5-10,13,16,20H,4,11-12,14-15H2,1-3H3,(H,24,25)/t20-/m0/s1. The van der Waals surface area contributed by atoms with E-state index in [0.717, 1.165) is 31.6 Å². The molecule has 2 heterocycles. The summed E-state index contributed by atoms with van der Waals surface area (Å²) < 4.78 is 13.2. The lowest BCUT2D eigenvalue weighted by atomic mass is 10.0. The molecule has 6 heteroatoms. The highest BCUT2D eigenvalue weighted by molar-refractivity contribution is 5.94. The Labute approximate surface area is 166 Å². The average Bonchev–Trinajstić information content (AvgIpc) is 2.92. The summed E-state index contributed by atoms with van der Waals surface area (Å²) >= 11 is 0. The highest BCUT2D eigenvalue weighted by atomic mass is 19.1. The number of nitrogens with one attached hydrogen (secondary N) is 1. The van der Waals surface area contributed by atoms with Crippen molar-refractivity contribution in [1.82, 2.24) is 14.8 Å². The molecule has 2 aromatic rings. The number of pyridine rings is 1. The van der Waals surface area contributed by atoms with Gasteiger partial charge in [0.25, 0.3) is 5.91 Å². The van der Waals surface area contributed by atoms with Crippen molar-refractivity contribution in [2.24, 2.45) is 5.92 Å². The molecule has 1 aromatic heterocycles. The van der Waals surface area contributed by atoms with Crippen molar-refractivity contribution < 1.29 is 9.18 Å². The van der Waals surface area contributed by atoms with Crippen LogP contribution in [0.5, 0.6) is 0 Å². The number of nitrogens with zero attached hydrogens (tertiary/aromatic N) is 3. The number of anilines is 1. The van der Waals surface area contributed by atoms with E-state index >= 15 is 0 Å². The topological polar surface area (TPSA) is 48.5 Å². The Kier molecular flexibility index (Phi) is 6.62. The van der Waals surface area contributed by atoms with Crippen molar-refractivity contribution in [3.8, 4) is 0 Å². The fourth-order valence-corrected chi connectivity index (χ4v) is 3.78. The maximum absolute atomic E-state index is 13.2. The highest BCUT2D eigenvalue weighted by Crippen LogP contribution is 2.22. The normalized spacial score (nSPS) is 18.2. The first kappa shape index (κ1) is 20.3. The van der Waals surface area contributed by atoms with Crippen LogP contribution < -0.4 is 5.32 Å².